The largest absolute Gasteiger partial charge is 0.457 e. The summed E-state index contributed by atoms with van der Waals surface area (Å²) in [6.45, 7) is 0. The fraction of sp³-hybridized carbons (Fsp3) is 0.200. The quantitative estimate of drug-likeness (QED) is 0.610. The lowest BCUT2D eigenvalue weighted by molar-refractivity contribution is -0.148. The zero-order valence-electron chi connectivity index (χ0n) is 13.6. The van der Waals surface area contributed by atoms with Gasteiger partial charge < -0.3 is 9.47 Å². The van der Waals surface area contributed by atoms with Crippen molar-refractivity contribution in [3.63, 3.8) is 0 Å². The number of hydrogen-bond acceptors (Lipinski definition) is 4. The Hall–Kier alpha value is -2.48. The summed E-state index contributed by atoms with van der Waals surface area (Å²) in [5.41, 5.74) is 0.553. The topological polar surface area (TPSA) is 59.3 Å². The molecular formula is C20H15Cl2NO3. The zero-order valence-corrected chi connectivity index (χ0v) is 15.2. The van der Waals surface area contributed by atoms with Crippen molar-refractivity contribution in [1.82, 2.24) is 0 Å². The average Bonchev–Trinajstić information content (AvgIpc) is 3.39. The van der Waals surface area contributed by atoms with E-state index in [2.05, 4.69) is 0 Å². The molecule has 0 spiro atoms. The second kappa shape index (κ2) is 8.27. The number of hydrogen-bond donors (Lipinski definition) is 0. The van der Waals surface area contributed by atoms with Gasteiger partial charge in [0, 0.05) is 5.56 Å². The van der Waals surface area contributed by atoms with Crippen LogP contribution in [-0.4, -0.2) is 5.97 Å². The van der Waals surface area contributed by atoms with Crippen LogP contribution in [0.5, 0.6) is 11.5 Å². The van der Waals surface area contributed by atoms with E-state index in [0.717, 1.165) is 0 Å². The minimum absolute atomic E-state index is 0.0282. The molecule has 2 aromatic carbocycles. The van der Waals surface area contributed by atoms with Gasteiger partial charge in [-0.1, -0.05) is 59.6 Å². The molecule has 6 heteroatoms. The number of nitrogens with zero attached hydrogens (tertiary/aromatic N) is 1. The van der Waals surface area contributed by atoms with Crippen molar-refractivity contribution in [1.29, 1.82) is 5.26 Å². The highest BCUT2D eigenvalue weighted by molar-refractivity contribution is 6.55. The molecule has 3 atom stereocenters. The molecule has 1 saturated carbocycles. The monoisotopic (exact) mass is 387 g/mol. The van der Waals surface area contributed by atoms with Gasteiger partial charge >= 0.3 is 5.97 Å². The summed E-state index contributed by atoms with van der Waals surface area (Å²) in [5.74, 6) is 0.482. The standard InChI is InChI=1S/C20H15Cl2NO3/c21-19(22)11-14-10-17(14)20(24)26-18(12-23)13-5-4-8-16(9-13)25-15-6-2-1-3-7-15/h1-9,11,14,17-18H,10H2. The van der Waals surface area contributed by atoms with Crippen molar-refractivity contribution in [2.75, 3.05) is 0 Å². The zero-order chi connectivity index (χ0) is 18.5. The molecule has 0 aromatic heterocycles. The average molecular weight is 388 g/mol. The Bertz CT molecular complexity index is 857. The number of para-hydroxylation sites is 1. The summed E-state index contributed by atoms with van der Waals surface area (Å²) < 4.78 is 11.2. The number of allylic oxidation sites excluding steroid dienone is 1. The molecule has 132 valence electrons. The van der Waals surface area contributed by atoms with Crippen LogP contribution in [0.25, 0.3) is 0 Å². The van der Waals surface area contributed by atoms with Crippen LogP contribution in [0.15, 0.2) is 65.2 Å². The van der Waals surface area contributed by atoms with E-state index in [0.29, 0.717) is 23.5 Å². The Kier molecular flexibility index (Phi) is 5.82. The third kappa shape index (κ3) is 4.78. The first-order chi connectivity index (χ1) is 12.6. The second-order valence-corrected chi connectivity index (χ2v) is 6.90. The Labute approximate surface area is 161 Å². The highest BCUT2D eigenvalue weighted by atomic mass is 35.5. The van der Waals surface area contributed by atoms with Crippen LogP contribution >= 0.6 is 23.2 Å². The molecule has 1 fully saturated rings. The molecule has 0 saturated heterocycles. The van der Waals surface area contributed by atoms with Crippen LogP contribution in [0.2, 0.25) is 0 Å². The molecule has 0 radical (unpaired) electrons. The third-order valence-electron chi connectivity index (χ3n) is 3.97. The van der Waals surface area contributed by atoms with Crippen molar-refractivity contribution < 1.29 is 14.3 Å². The van der Waals surface area contributed by atoms with Crippen molar-refractivity contribution in [2.24, 2.45) is 11.8 Å². The summed E-state index contributed by atoms with van der Waals surface area (Å²) in [5, 5.41) is 9.40. The van der Waals surface area contributed by atoms with Crippen LogP contribution in [0.4, 0.5) is 0 Å². The van der Waals surface area contributed by atoms with E-state index in [1.807, 2.05) is 36.4 Å². The van der Waals surface area contributed by atoms with Crippen LogP contribution < -0.4 is 4.74 Å². The molecular weight excluding hydrogens is 373 g/mol. The fourth-order valence-electron chi connectivity index (χ4n) is 2.57. The minimum atomic E-state index is -1.00. The van der Waals surface area contributed by atoms with E-state index in [1.54, 1.807) is 30.3 Å². The van der Waals surface area contributed by atoms with Crippen molar-refractivity contribution in [2.45, 2.75) is 12.5 Å². The predicted octanol–water partition coefficient (Wildman–Crippen LogP) is 5.54. The Morgan fingerprint density at radius 3 is 2.58 bits per heavy atom. The van der Waals surface area contributed by atoms with Crippen LogP contribution in [0.3, 0.4) is 0 Å². The van der Waals surface area contributed by atoms with Crippen molar-refractivity contribution in [3.05, 3.63) is 70.7 Å². The number of halogens is 2. The molecule has 0 amide bonds. The van der Waals surface area contributed by atoms with Crippen molar-refractivity contribution >= 4 is 29.2 Å². The number of ether oxygens (including phenoxy) is 2. The first-order valence-electron chi connectivity index (χ1n) is 8.02. The summed E-state index contributed by atoms with van der Waals surface area (Å²) in [6, 6.07) is 18.2. The summed E-state index contributed by atoms with van der Waals surface area (Å²) in [6.07, 6.45) is 1.24. The van der Waals surface area contributed by atoms with Gasteiger partial charge in [-0.2, -0.15) is 5.26 Å². The van der Waals surface area contributed by atoms with Crippen LogP contribution in [-0.2, 0) is 9.53 Å². The lowest BCUT2D eigenvalue weighted by atomic mass is 10.1. The molecule has 26 heavy (non-hydrogen) atoms. The lowest BCUT2D eigenvalue weighted by Gasteiger charge is -2.13. The Balaban J connectivity index is 1.67. The fourth-order valence-corrected chi connectivity index (χ4v) is 2.89. The predicted molar refractivity (Wildman–Crippen MR) is 98.8 cm³/mol. The Morgan fingerprint density at radius 1 is 1.15 bits per heavy atom. The summed E-state index contributed by atoms with van der Waals surface area (Å²) in [4.78, 5) is 12.2. The molecule has 0 aliphatic heterocycles. The second-order valence-electron chi connectivity index (χ2n) is 5.90. The molecule has 3 unspecified atom stereocenters. The molecule has 3 rings (SSSR count). The van der Waals surface area contributed by atoms with Gasteiger partial charge in [-0.15, -0.1) is 0 Å². The number of esters is 1. The maximum atomic E-state index is 12.2. The number of rotatable bonds is 6. The number of carbonyl (C=O) groups is 1. The van der Waals surface area contributed by atoms with Crippen molar-refractivity contribution in [3.8, 4) is 17.6 Å². The molecule has 0 heterocycles. The number of nitriles is 1. The first-order valence-corrected chi connectivity index (χ1v) is 8.78. The van der Waals surface area contributed by atoms with E-state index >= 15 is 0 Å². The molecule has 4 nitrogen and oxygen atoms in total. The van der Waals surface area contributed by atoms with Gasteiger partial charge in [-0.25, -0.2) is 0 Å². The Morgan fingerprint density at radius 2 is 1.88 bits per heavy atom. The van der Waals surface area contributed by atoms with Gasteiger partial charge in [0.05, 0.1) is 5.92 Å². The molecule has 2 aromatic rings. The van der Waals surface area contributed by atoms with E-state index in [4.69, 9.17) is 32.7 Å². The highest BCUT2D eigenvalue weighted by Crippen LogP contribution is 2.43. The lowest BCUT2D eigenvalue weighted by Crippen LogP contribution is -2.12. The van der Waals surface area contributed by atoms with E-state index in [1.165, 1.54) is 0 Å². The molecule has 0 N–H and O–H groups in total. The molecule has 1 aliphatic carbocycles. The maximum Gasteiger partial charge on any atom is 0.311 e. The summed E-state index contributed by atoms with van der Waals surface area (Å²) >= 11 is 11.2. The van der Waals surface area contributed by atoms with Gasteiger partial charge in [0.1, 0.15) is 22.1 Å². The number of carbonyl (C=O) groups excluding carboxylic acids is 1. The maximum absolute atomic E-state index is 12.2. The van der Waals surface area contributed by atoms with Gasteiger partial charge in [-0.05, 0) is 36.6 Å². The molecule has 0 bridgehead atoms. The van der Waals surface area contributed by atoms with E-state index in [-0.39, 0.29) is 16.3 Å². The van der Waals surface area contributed by atoms with Crippen LogP contribution in [0, 0.1) is 23.2 Å². The van der Waals surface area contributed by atoms with Gasteiger partial charge in [0.2, 0.25) is 6.10 Å². The van der Waals surface area contributed by atoms with Gasteiger partial charge in [0.25, 0.3) is 0 Å². The SMILES string of the molecule is N#CC(OC(=O)C1CC1C=C(Cl)Cl)c1cccc(Oc2ccccc2)c1. The molecule has 1 aliphatic rings. The third-order valence-corrected chi connectivity index (χ3v) is 4.23. The summed E-state index contributed by atoms with van der Waals surface area (Å²) in [7, 11) is 0. The first kappa shape index (κ1) is 18.3. The smallest absolute Gasteiger partial charge is 0.311 e. The minimum Gasteiger partial charge on any atom is -0.457 e. The van der Waals surface area contributed by atoms with Gasteiger partial charge in [0.15, 0.2) is 0 Å². The van der Waals surface area contributed by atoms with Gasteiger partial charge in [-0.3, -0.25) is 4.79 Å². The number of benzene rings is 2. The normalized spacial score (nSPS) is 19.0. The van der Waals surface area contributed by atoms with E-state index in [9.17, 15) is 10.1 Å². The highest BCUT2D eigenvalue weighted by Gasteiger charge is 2.43. The van der Waals surface area contributed by atoms with E-state index < -0.39 is 12.1 Å². The van der Waals surface area contributed by atoms with Crippen LogP contribution in [0.1, 0.15) is 18.1 Å².